The zero-order chi connectivity index (χ0) is 32.4. The van der Waals surface area contributed by atoms with Crippen molar-refractivity contribution in [2.45, 2.75) is 85.2 Å². The van der Waals surface area contributed by atoms with Crippen LogP contribution in [-0.2, 0) is 17.6 Å². The second kappa shape index (κ2) is 13.0. The highest BCUT2D eigenvalue weighted by Gasteiger charge is 2.30. The molecule has 0 saturated heterocycles. The lowest BCUT2D eigenvalue weighted by Gasteiger charge is -2.33. The fraction of sp³-hybridized carbons (Fsp3) is 0.444. The van der Waals surface area contributed by atoms with E-state index in [1.807, 2.05) is 71.0 Å². The molecule has 0 heterocycles. The van der Waals surface area contributed by atoms with E-state index in [4.69, 9.17) is 19.9 Å². The second-order valence-corrected chi connectivity index (χ2v) is 13.6. The van der Waals surface area contributed by atoms with E-state index >= 15 is 4.39 Å². The highest BCUT2D eigenvalue weighted by atomic mass is 19.1. The molecule has 3 aromatic rings. The van der Waals surface area contributed by atoms with Crippen molar-refractivity contribution < 1.29 is 28.2 Å². The predicted octanol–water partition coefficient (Wildman–Crippen LogP) is 7.23. The number of esters is 1. The van der Waals surface area contributed by atoms with Gasteiger partial charge in [0.1, 0.15) is 18.1 Å². The smallest absolute Gasteiger partial charge is 0.316 e. The van der Waals surface area contributed by atoms with Crippen molar-refractivity contribution in [2.75, 3.05) is 18.6 Å². The molecule has 0 fully saturated rings. The second-order valence-electron chi connectivity index (χ2n) is 13.6. The molecule has 0 radical (unpaired) electrons. The van der Waals surface area contributed by atoms with Crippen LogP contribution >= 0.6 is 0 Å². The Morgan fingerprint density at radius 1 is 0.977 bits per heavy atom. The Bertz CT molecular complexity index is 1520. The van der Waals surface area contributed by atoms with E-state index in [9.17, 15) is 9.59 Å². The highest BCUT2D eigenvalue weighted by Crippen LogP contribution is 2.41. The molecule has 7 nitrogen and oxygen atoms in total. The minimum absolute atomic E-state index is 0.0513. The van der Waals surface area contributed by atoms with Crippen LogP contribution in [0.5, 0.6) is 17.2 Å². The Morgan fingerprint density at radius 3 is 2.30 bits per heavy atom. The Balaban J connectivity index is 1.63. The number of rotatable bonds is 9. The number of carbonyl (C=O) groups is 2. The molecule has 236 valence electrons. The van der Waals surface area contributed by atoms with E-state index in [1.54, 1.807) is 31.9 Å². The molecule has 1 unspecified atom stereocenters. The van der Waals surface area contributed by atoms with E-state index in [2.05, 4.69) is 0 Å². The summed E-state index contributed by atoms with van der Waals surface area (Å²) in [5.74, 6) is 0.158. The van der Waals surface area contributed by atoms with Crippen molar-refractivity contribution in [1.82, 2.24) is 0 Å². The van der Waals surface area contributed by atoms with Crippen molar-refractivity contribution in [3.8, 4) is 17.2 Å². The highest BCUT2D eigenvalue weighted by molar-refractivity contribution is 6.07. The Kier molecular flexibility index (Phi) is 9.74. The van der Waals surface area contributed by atoms with Crippen molar-refractivity contribution >= 4 is 17.6 Å². The first kappa shape index (κ1) is 33.0. The largest absolute Gasteiger partial charge is 0.497 e. The molecule has 0 aromatic heterocycles. The van der Waals surface area contributed by atoms with Crippen molar-refractivity contribution in [1.29, 1.82) is 0 Å². The lowest BCUT2D eigenvalue weighted by Crippen LogP contribution is -2.39. The summed E-state index contributed by atoms with van der Waals surface area (Å²) in [5.41, 5.74) is 9.07. The maximum atomic E-state index is 15.1. The third kappa shape index (κ3) is 7.78. The number of aryl methyl sites for hydroxylation is 1. The number of nitrogens with two attached hydrogens (primary N) is 1. The number of benzene rings is 3. The topological polar surface area (TPSA) is 91.1 Å². The van der Waals surface area contributed by atoms with Crippen molar-refractivity contribution in [3.05, 3.63) is 82.7 Å². The van der Waals surface area contributed by atoms with Crippen LogP contribution in [0.2, 0.25) is 0 Å². The molecule has 0 saturated carbocycles. The number of methoxy groups -OCH3 is 1. The van der Waals surface area contributed by atoms with Crippen molar-refractivity contribution in [3.63, 3.8) is 0 Å². The Hall–Kier alpha value is -3.91. The molecular weight excluding hydrogens is 559 g/mol. The van der Waals surface area contributed by atoms with E-state index in [0.29, 0.717) is 11.5 Å². The fourth-order valence-electron chi connectivity index (χ4n) is 5.30. The first-order chi connectivity index (χ1) is 20.6. The minimum Gasteiger partial charge on any atom is -0.497 e. The van der Waals surface area contributed by atoms with Gasteiger partial charge in [0.15, 0.2) is 11.6 Å². The molecule has 0 spiro atoms. The molecule has 1 aliphatic carbocycles. The number of carbonyl (C=O) groups excluding carboxylic acids is 2. The number of fused-ring (bicyclic) bond motifs is 1. The first-order valence-electron chi connectivity index (χ1n) is 15.1. The third-order valence-electron chi connectivity index (χ3n) is 7.68. The summed E-state index contributed by atoms with van der Waals surface area (Å²) in [7, 11) is 1.60. The van der Waals surface area contributed by atoms with Crippen LogP contribution in [0.4, 0.5) is 10.1 Å². The molecule has 1 amide bonds. The summed E-state index contributed by atoms with van der Waals surface area (Å²) >= 11 is 0. The van der Waals surface area contributed by atoms with Gasteiger partial charge in [-0.05, 0) is 127 Å². The lowest BCUT2D eigenvalue weighted by molar-refractivity contribution is -0.143. The van der Waals surface area contributed by atoms with Gasteiger partial charge in [0.05, 0.1) is 18.2 Å². The zero-order valence-electron chi connectivity index (χ0n) is 27.1. The minimum atomic E-state index is -0.626. The van der Waals surface area contributed by atoms with Gasteiger partial charge in [0, 0.05) is 23.2 Å². The molecular formula is C36H45FN2O5. The van der Waals surface area contributed by atoms with Gasteiger partial charge in [-0.1, -0.05) is 12.1 Å². The van der Waals surface area contributed by atoms with Gasteiger partial charge in [0.25, 0.3) is 5.91 Å². The number of hydrogen-bond acceptors (Lipinski definition) is 6. The number of ether oxygens (including phenoxy) is 3. The van der Waals surface area contributed by atoms with Crippen LogP contribution in [0.1, 0.15) is 87.9 Å². The lowest BCUT2D eigenvalue weighted by atomic mass is 9.79. The number of nitrogens with zero attached hydrogens (tertiary/aromatic N) is 1. The van der Waals surface area contributed by atoms with Crippen LogP contribution in [0.15, 0.2) is 54.6 Å². The SMILES string of the molecule is COc1ccc(C2CCc3cc(OC(=O)C(C)(C)C)ccc3C2)c(N(C(=O)c2ccc(OCC(C)(C)N)c(F)c2)C(C)C)c1. The van der Waals surface area contributed by atoms with Crippen LogP contribution in [0, 0.1) is 11.2 Å². The summed E-state index contributed by atoms with van der Waals surface area (Å²) in [6, 6.07) is 15.7. The van der Waals surface area contributed by atoms with Gasteiger partial charge in [0.2, 0.25) is 0 Å². The summed E-state index contributed by atoms with van der Waals surface area (Å²) in [6.07, 6.45) is 2.41. The van der Waals surface area contributed by atoms with Gasteiger partial charge >= 0.3 is 5.97 Å². The van der Waals surface area contributed by atoms with E-state index < -0.39 is 16.8 Å². The zero-order valence-corrected chi connectivity index (χ0v) is 27.1. The maximum Gasteiger partial charge on any atom is 0.316 e. The standard InChI is InChI=1S/C36H45FN2O5/c1-22(2)39(33(40)26-12-16-32(30(37)19-26)43-21-36(6,7)38)31-20-27(42-8)14-15-29(31)25-10-9-24-18-28(13-11-23(24)17-25)44-34(41)35(3,4)5/h11-16,18-20,22,25H,9-10,17,21,38H2,1-8H3. The van der Waals surface area contributed by atoms with E-state index in [-0.39, 0.29) is 41.8 Å². The Labute approximate surface area is 260 Å². The quantitative estimate of drug-likeness (QED) is 0.205. The number of halogens is 1. The van der Waals surface area contributed by atoms with Gasteiger partial charge in [-0.25, -0.2) is 4.39 Å². The number of hydrogen-bond donors (Lipinski definition) is 1. The molecule has 4 rings (SSSR count). The first-order valence-corrected chi connectivity index (χ1v) is 15.1. The molecule has 8 heteroatoms. The van der Waals surface area contributed by atoms with Crippen LogP contribution in [0.25, 0.3) is 0 Å². The average molecular weight is 605 g/mol. The molecule has 1 atom stereocenters. The van der Waals surface area contributed by atoms with E-state index in [1.165, 1.54) is 17.7 Å². The maximum absolute atomic E-state index is 15.1. The van der Waals surface area contributed by atoms with E-state index in [0.717, 1.165) is 36.1 Å². The summed E-state index contributed by atoms with van der Waals surface area (Å²) in [4.78, 5) is 28.1. The fourth-order valence-corrected chi connectivity index (χ4v) is 5.30. The molecule has 44 heavy (non-hydrogen) atoms. The van der Waals surface area contributed by atoms with Crippen LogP contribution in [0.3, 0.4) is 0 Å². The number of amides is 1. The Morgan fingerprint density at radius 2 is 1.68 bits per heavy atom. The summed E-state index contributed by atoms with van der Waals surface area (Å²) in [5, 5.41) is 0. The molecule has 2 N–H and O–H groups in total. The van der Waals surface area contributed by atoms with Gasteiger partial charge in [-0.3, -0.25) is 9.59 Å². The van der Waals surface area contributed by atoms with Gasteiger partial charge in [-0.15, -0.1) is 0 Å². The summed E-state index contributed by atoms with van der Waals surface area (Å²) in [6.45, 7) is 13.1. The predicted molar refractivity (Wildman–Crippen MR) is 171 cm³/mol. The third-order valence-corrected chi connectivity index (χ3v) is 7.68. The van der Waals surface area contributed by atoms with Crippen LogP contribution < -0.4 is 24.8 Å². The summed E-state index contributed by atoms with van der Waals surface area (Å²) < 4.78 is 31.8. The molecule has 0 aliphatic heterocycles. The molecule has 1 aliphatic rings. The van der Waals surface area contributed by atoms with Crippen LogP contribution in [-0.4, -0.2) is 37.2 Å². The monoisotopic (exact) mass is 604 g/mol. The average Bonchev–Trinajstić information content (AvgIpc) is 2.95. The normalized spacial score (nSPS) is 15.0. The number of anilines is 1. The molecule has 3 aromatic carbocycles. The molecule has 0 bridgehead atoms. The van der Waals surface area contributed by atoms with Gasteiger partial charge < -0.3 is 24.8 Å². The van der Waals surface area contributed by atoms with Gasteiger partial charge in [-0.2, -0.15) is 0 Å². The van der Waals surface area contributed by atoms with Crippen molar-refractivity contribution in [2.24, 2.45) is 11.1 Å².